The van der Waals surface area contributed by atoms with Crippen LogP contribution in [-0.4, -0.2) is 54.6 Å². The van der Waals surface area contributed by atoms with E-state index in [-0.39, 0.29) is 18.1 Å². The predicted octanol–water partition coefficient (Wildman–Crippen LogP) is 3.32. The molecule has 1 N–H and O–H groups in total. The van der Waals surface area contributed by atoms with Gasteiger partial charge in [-0.2, -0.15) is 15.2 Å². The fourth-order valence-corrected chi connectivity index (χ4v) is 4.21. The molecule has 5 heterocycles. The molecule has 4 aromatic heterocycles. The number of amides is 1. The monoisotopic (exact) mass is 447 g/mol. The Bertz CT molecular complexity index is 1330. The van der Waals surface area contributed by atoms with Crippen molar-refractivity contribution >= 4 is 28.3 Å². The van der Waals surface area contributed by atoms with E-state index in [1.807, 2.05) is 36.1 Å². The minimum Gasteiger partial charge on any atom is -0.474 e. The number of aromatic nitrogens is 6. The maximum Gasteiger partial charge on any atom is 0.261 e. The predicted molar refractivity (Wildman–Crippen MR) is 121 cm³/mol. The summed E-state index contributed by atoms with van der Waals surface area (Å²) in [6.07, 6.45) is 10.5. The molecule has 1 aliphatic heterocycles. The number of nitrogens with one attached hydrogen (secondary N) is 1. The van der Waals surface area contributed by atoms with Crippen molar-refractivity contribution < 1.29 is 14.3 Å². The molecular weight excluding hydrogens is 422 g/mol. The van der Waals surface area contributed by atoms with Gasteiger partial charge in [-0.1, -0.05) is 0 Å². The first-order valence-electron chi connectivity index (χ1n) is 11.4. The van der Waals surface area contributed by atoms with Crippen LogP contribution in [0, 0.1) is 6.92 Å². The Balaban J connectivity index is 1.36. The molecule has 2 aliphatic rings. The van der Waals surface area contributed by atoms with Gasteiger partial charge >= 0.3 is 0 Å². The summed E-state index contributed by atoms with van der Waals surface area (Å²) >= 11 is 0. The van der Waals surface area contributed by atoms with Crippen molar-refractivity contribution in [1.82, 2.24) is 29.4 Å². The first kappa shape index (κ1) is 20.1. The van der Waals surface area contributed by atoms with Gasteiger partial charge in [0.05, 0.1) is 18.8 Å². The average Bonchev–Trinajstić information content (AvgIpc) is 3.39. The number of carbonyl (C=O) groups excluding carboxylic acids is 1. The number of nitrogens with zero attached hydrogens (tertiary/aromatic N) is 6. The maximum absolute atomic E-state index is 13.4. The minimum absolute atomic E-state index is 0.0802. The maximum atomic E-state index is 13.4. The number of aryl methyl sites for hydroxylation is 1. The molecule has 1 saturated carbocycles. The number of anilines is 1. The van der Waals surface area contributed by atoms with E-state index in [0.29, 0.717) is 35.0 Å². The van der Waals surface area contributed by atoms with Gasteiger partial charge in [-0.25, -0.2) is 9.50 Å². The van der Waals surface area contributed by atoms with Gasteiger partial charge in [-0.3, -0.25) is 9.48 Å². The largest absolute Gasteiger partial charge is 0.474 e. The summed E-state index contributed by atoms with van der Waals surface area (Å²) in [7, 11) is 0. The van der Waals surface area contributed by atoms with Crippen molar-refractivity contribution in [3.05, 3.63) is 42.0 Å². The van der Waals surface area contributed by atoms with Crippen LogP contribution in [0.25, 0.3) is 16.7 Å². The third-order valence-electron chi connectivity index (χ3n) is 6.32. The molecule has 10 heteroatoms. The average molecular weight is 447 g/mol. The quantitative estimate of drug-likeness (QED) is 0.500. The molecule has 1 saturated heterocycles. The zero-order valence-electron chi connectivity index (χ0n) is 18.4. The van der Waals surface area contributed by atoms with Gasteiger partial charge in [0.1, 0.15) is 17.4 Å². The molecule has 1 atom stereocenters. The molecule has 4 aromatic rings. The van der Waals surface area contributed by atoms with Crippen LogP contribution in [-0.2, 0) is 4.74 Å². The van der Waals surface area contributed by atoms with Gasteiger partial charge in [-0.15, -0.1) is 0 Å². The van der Waals surface area contributed by atoms with Crippen LogP contribution >= 0.6 is 0 Å². The number of carbonyl (C=O) groups is 1. The summed E-state index contributed by atoms with van der Waals surface area (Å²) in [5.74, 6) is 0.00105. The molecule has 0 spiro atoms. The van der Waals surface area contributed by atoms with E-state index < -0.39 is 0 Å². The lowest BCUT2D eigenvalue weighted by Crippen LogP contribution is -2.26. The number of hydrogen-bond donors (Lipinski definition) is 1. The SMILES string of the molecule is Cc1ccn2ncc(NC(=O)c3cc4cn([C@@H]5CCCOC5)nc4nc3OC3CCC3)c2n1. The van der Waals surface area contributed by atoms with Gasteiger partial charge in [0, 0.05) is 30.1 Å². The summed E-state index contributed by atoms with van der Waals surface area (Å²) in [6, 6.07) is 3.85. The molecule has 1 amide bonds. The molecule has 1 aliphatic carbocycles. The lowest BCUT2D eigenvalue weighted by atomic mass is 9.96. The lowest BCUT2D eigenvalue weighted by molar-refractivity contribution is 0.0551. The van der Waals surface area contributed by atoms with Crippen molar-refractivity contribution in [3.63, 3.8) is 0 Å². The van der Waals surface area contributed by atoms with E-state index in [9.17, 15) is 4.79 Å². The standard InChI is InChI=1S/C23H25N7O3/c1-14-7-8-29-21(25-14)19(11-24-29)26-22(31)18-10-15-12-30(16-4-3-9-32-13-16)28-20(15)27-23(18)33-17-5-2-6-17/h7-8,10-12,16-17H,2-6,9,13H2,1H3,(H,26,31)/t16-/m1/s1. The number of ether oxygens (including phenoxy) is 2. The van der Waals surface area contributed by atoms with Crippen LogP contribution in [0.3, 0.4) is 0 Å². The third kappa shape index (κ3) is 3.80. The van der Waals surface area contributed by atoms with Crippen molar-refractivity contribution in [1.29, 1.82) is 0 Å². The van der Waals surface area contributed by atoms with Gasteiger partial charge < -0.3 is 14.8 Å². The molecule has 0 aromatic carbocycles. The van der Waals surface area contributed by atoms with E-state index in [1.54, 1.807) is 10.7 Å². The Kier molecular flexibility index (Phi) is 4.94. The van der Waals surface area contributed by atoms with Crippen LogP contribution in [0.2, 0.25) is 0 Å². The molecule has 0 bridgehead atoms. The van der Waals surface area contributed by atoms with Gasteiger partial charge in [-0.05, 0) is 51.2 Å². The molecular formula is C23H25N7O3. The topological polar surface area (TPSA) is 108 Å². The summed E-state index contributed by atoms with van der Waals surface area (Å²) in [6.45, 7) is 3.32. The molecule has 6 rings (SSSR count). The van der Waals surface area contributed by atoms with Gasteiger partial charge in [0.15, 0.2) is 11.3 Å². The first-order valence-corrected chi connectivity index (χ1v) is 11.4. The van der Waals surface area contributed by atoms with Crippen molar-refractivity contribution in [2.75, 3.05) is 18.5 Å². The molecule has 10 nitrogen and oxygen atoms in total. The Morgan fingerprint density at radius 1 is 1.24 bits per heavy atom. The van der Waals surface area contributed by atoms with Crippen LogP contribution in [0.15, 0.2) is 30.7 Å². The normalized spacial score (nSPS) is 19.0. The van der Waals surface area contributed by atoms with Crippen molar-refractivity contribution in [2.45, 2.75) is 51.2 Å². The summed E-state index contributed by atoms with van der Waals surface area (Å²) in [5, 5.41) is 12.7. The van der Waals surface area contributed by atoms with E-state index >= 15 is 0 Å². The van der Waals surface area contributed by atoms with E-state index in [1.165, 1.54) is 0 Å². The molecule has 33 heavy (non-hydrogen) atoms. The molecule has 0 unspecified atom stereocenters. The van der Waals surface area contributed by atoms with Gasteiger partial charge in [0.25, 0.3) is 5.91 Å². The van der Waals surface area contributed by atoms with Crippen LogP contribution in [0.5, 0.6) is 5.88 Å². The summed E-state index contributed by atoms with van der Waals surface area (Å²) in [4.78, 5) is 22.5. The second-order valence-electron chi connectivity index (χ2n) is 8.75. The summed E-state index contributed by atoms with van der Waals surface area (Å²) < 4.78 is 15.3. The zero-order chi connectivity index (χ0) is 22.4. The highest BCUT2D eigenvalue weighted by Gasteiger charge is 2.26. The number of pyridine rings is 1. The fourth-order valence-electron chi connectivity index (χ4n) is 4.21. The van der Waals surface area contributed by atoms with E-state index in [0.717, 1.165) is 49.8 Å². The first-order chi connectivity index (χ1) is 16.1. The Morgan fingerprint density at radius 2 is 2.15 bits per heavy atom. The van der Waals surface area contributed by atoms with Crippen LogP contribution in [0.1, 0.15) is 54.2 Å². The smallest absolute Gasteiger partial charge is 0.261 e. The Labute approximate surface area is 189 Å². The lowest BCUT2D eigenvalue weighted by Gasteiger charge is -2.26. The number of fused-ring (bicyclic) bond motifs is 2. The Hall–Kier alpha value is -3.53. The van der Waals surface area contributed by atoms with Gasteiger partial charge in [0.2, 0.25) is 5.88 Å². The zero-order valence-corrected chi connectivity index (χ0v) is 18.4. The van der Waals surface area contributed by atoms with E-state index in [2.05, 4.69) is 25.5 Å². The second-order valence-corrected chi connectivity index (χ2v) is 8.75. The minimum atomic E-state index is -0.314. The Morgan fingerprint density at radius 3 is 2.94 bits per heavy atom. The number of rotatable bonds is 5. The van der Waals surface area contributed by atoms with Crippen LogP contribution in [0.4, 0.5) is 5.69 Å². The van der Waals surface area contributed by atoms with Crippen LogP contribution < -0.4 is 10.1 Å². The number of hydrogen-bond acceptors (Lipinski definition) is 7. The summed E-state index contributed by atoms with van der Waals surface area (Å²) in [5.41, 5.74) is 2.91. The van der Waals surface area contributed by atoms with Crippen molar-refractivity contribution in [2.24, 2.45) is 0 Å². The molecule has 2 fully saturated rings. The molecule has 170 valence electrons. The third-order valence-corrected chi connectivity index (χ3v) is 6.32. The highest BCUT2D eigenvalue weighted by atomic mass is 16.5. The second kappa shape index (κ2) is 8.11. The van der Waals surface area contributed by atoms with E-state index in [4.69, 9.17) is 9.47 Å². The fraction of sp³-hybridized carbons (Fsp3) is 0.435. The van der Waals surface area contributed by atoms with Crippen molar-refractivity contribution in [3.8, 4) is 5.88 Å². The highest BCUT2D eigenvalue weighted by Crippen LogP contribution is 2.30. The molecule has 0 radical (unpaired) electrons. The highest BCUT2D eigenvalue weighted by molar-refractivity contribution is 6.08.